The average Bonchev–Trinajstić information content (AvgIpc) is 2.87. The molecule has 3 rings (SSSR count). The Morgan fingerprint density at radius 1 is 1.19 bits per heavy atom. The summed E-state index contributed by atoms with van der Waals surface area (Å²) in [6.07, 6.45) is 1.76. The lowest BCUT2D eigenvalue weighted by Crippen LogP contribution is -2.14. The molecule has 0 unspecified atom stereocenters. The molecule has 0 bridgehead atoms. The molecule has 0 N–H and O–H groups in total. The van der Waals surface area contributed by atoms with Crippen LogP contribution in [0.5, 0.6) is 0 Å². The summed E-state index contributed by atoms with van der Waals surface area (Å²) in [6.45, 7) is 8.34. The number of hydrogen-bond acceptors (Lipinski definition) is 2. The molecule has 2 heterocycles. The molecule has 0 spiro atoms. The van der Waals surface area contributed by atoms with Gasteiger partial charge in [0.25, 0.3) is 0 Å². The topological polar surface area (TPSA) is 30.4 Å². The fraction of sp³-hybridized carbons (Fsp3) is 0.312. The summed E-state index contributed by atoms with van der Waals surface area (Å²) in [5, 5.41) is 5.81. The lowest BCUT2D eigenvalue weighted by molar-refractivity contribution is 0.541. The van der Waals surface area contributed by atoms with Gasteiger partial charge in [-0.2, -0.15) is 5.10 Å². The van der Waals surface area contributed by atoms with Crippen LogP contribution in [0, 0.1) is 6.92 Å². The second-order valence-corrected chi connectivity index (χ2v) is 7.02. The monoisotopic (exact) mass is 322 g/mol. The summed E-state index contributed by atoms with van der Waals surface area (Å²) in [4.78, 5) is 0. The molecule has 0 aliphatic heterocycles. The summed E-state index contributed by atoms with van der Waals surface area (Å²) in [6, 6.07) is 5.45. The van der Waals surface area contributed by atoms with Crippen LogP contribution in [0.15, 0.2) is 28.9 Å². The van der Waals surface area contributed by atoms with Crippen molar-refractivity contribution in [2.75, 3.05) is 0 Å². The van der Waals surface area contributed by atoms with Crippen LogP contribution < -0.4 is 0 Å². The quantitative estimate of drug-likeness (QED) is 0.591. The molecular formula is C16H16Cl2N2O. The van der Waals surface area contributed by atoms with E-state index >= 15 is 0 Å². The molecule has 21 heavy (non-hydrogen) atoms. The Hall–Kier alpha value is -1.45. The van der Waals surface area contributed by atoms with E-state index in [1.807, 2.05) is 23.6 Å². The van der Waals surface area contributed by atoms with Crippen molar-refractivity contribution >= 4 is 28.9 Å². The number of rotatable bonds is 1. The van der Waals surface area contributed by atoms with Crippen LogP contribution in [-0.4, -0.2) is 9.61 Å². The predicted molar refractivity (Wildman–Crippen MR) is 86.4 cm³/mol. The Morgan fingerprint density at radius 3 is 2.52 bits per heavy atom. The van der Waals surface area contributed by atoms with Gasteiger partial charge in [0.1, 0.15) is 6.26 Å². The maximum absolute atomic E-state index is 6.33. The molecule has 5 heteroatoms. The van der Waals surface area contributed by atoms with Crippen LogP contribution in [0.4, 0.5) is 0 Å². The van der Waals surface area contributed by atoms with Gasteiger partial charge in [-0.15, -0.1) is 0 Å². The van der Waals surface area contributed by atoms with E-state index in [0.29, 0.717) is 15.8 Å². The van der Waals surface area contributed by atoms with E-state index in [0.717, 1.165) is 22.5 Å². The minimum atomic E-state index is -0.0508. The first-order valence-electron chi connectivity index (χ1n) is 6.72. The maximum Gasteiger partial charge on any atom is 0.229 e. The Morgan fingerprint density at radius 2 is 1.90 bits per heavy atom. The highest BCUT2D eigenvalue weighted by Gasteiger charge is 2.25. The van der Waals surface area contributed by atoms with Gasteiger partial charge in [-0.3, -0.25) is 0 Å². The van der Waals surface area contributed by atoms with Gasteiger partial charge in [-0.1, -0.05) is 50.0 Å². The largest absolute Gasteiger partial charge is 0.444 e. The predicted octanol–water partition coefficient (Wildman–Crippen LogP) is 5.51. The number of benzene rings is 1. The Bertz CT molecular complexity index is 825. The molecule has 110 valence electrons. The van der Waals surface area contributed by atoms with Crippen molar-refractivity contribution in [3.8, 4) is 11.1 Å². The summed E-state index contributed by atoms with van der Waals surface area (Å²) < 4.78 is 7.63. The number of nitrogens with zero attached hydrogens (tertiary/aromatic N) is 2. The highest BCUT2D eigenvalue weighted by atomic mass is 35.5. The van der Waals surface area contributed by atoms with Crippen molar-refractivity contribution in [2.45, 2.75) is 33.1 Å². The lowest BCUT2D eigenvalue weighted by Gasteiger charge is -2.14. The zero-order chi connectivity index (χ0) is 15.4. The highest BCUT2D eigenvalue weighted by Crippen LogP contribution is 2.37. The van der Waals surface area contributed by atoms with Crippen molar-refractivity contribution in [3.63, 3.8) is 0 Å². The van der Waals surface area contributed by atoms with Gasteiger partial charge in [-0.05, 0) is 19.1 Å². The van der Waals surface area contributed by atoms with E-state index in [1.165, 1.54) is 0 Å². The lowest BCUT2D eigenvalue weighted by atomic mass is 9.93. The zero-order valence-electron chi connectivity index (χ0n) is 12.4. The second kappa shape index (κ2) is 4.79. The van der Waals surface area contributed by atoms with Crippen LogP contribution in [-0.2, 0) is 5.41 Å². The van der Waals surface area contributed by atoms with E-state index in [1.54, 1.807) is 12.3 Å². The van der Waals surface area contributed by atoms with Crippen LogP contribution >= 0.6 is 23.2 Å². The SMILES string of the molecule is Cc1nn2c(C(C)(C)C)coc2c1-c1ccc(Cl)cc1Cl. The minimum Gasteiger partial charge on any atom is -0.444 e. The van der Waals surface area contributed by atoms with E-state index in [-0.39, 0.29) is 5.41 Å². The molecule has 0 saturated heterocycles. The summed E-state index contributed by atoms with van der Waals surface area (Å²) in [5.74, 6) is 0. The molecule has 0 aliphatic carbocycles. The van der Waals surface area contributed by atoms with Crippen molar-refractivity contribution in [3.05, 3.63) is 45.9 Å². The molecule has 1 aromatic carbocycles. The summed E-state index contributed by atoms with van der Waals surface area (Å²) in [7, 11) is 0. The van der Waals surface area contributed by atoms with E-state index in [4.69, 9.17) is 27.6 Å². The Labute approximate surface area is 133 Å². The van der Waals surface area contributed by atoms with Crippen molar-refractivity contribution in [2.24, 2.45) is 0 Å². The van der Waals surface area contributed by atoms with E-state index in [9.17, 15) is 0 Å². The number of aromatic nitrogens is 2. The standard InChI is InChI=1S/C16H16Cl2N2O/c1-9-14(11-6-5-10(17)7-12(11)18)15-20(19-9)13(8-21-15)16(2,3)4/h5-8H,1-4H3. The maximum atomic E-state index is 6.33. The highest BCUT2D eigenvalue weighted by molar-refractivity contribution is 6.36. The number of oxazole rings is 1. The Balaban J connectivity index is 2.29. The fourth-order valence-electron chi connectivity index (χ4n) is 2.44. The van der Waals surface area contributed by atoms with Crippen molar-refractivity contribution < 1.29 is 4.42 Å². The third-order valence-electron chi connectivity index (χ3n) is 3.50. The smallest absolute Gasteiger partial charge is 0.229 e. The molecule has 3 aromatic rings. The molecule has 0 atom stereocenters. The number of halogens is 2. The first-order chi connectivity index (χ1) is 9.79. The molecule has 0 saturated carbocycles. The van der Waals surface area contributed by atoms with Gasteiger partial charge >= 0.3 is 0 Å². The van der Waals surface area contributed by atoms with Crippen molar-refractivity contribution in [1.82, 2.24) is 9.61 Å². The second-order valence-electron chi connectivity index (χ2n) is 6.17. The van der Waals surface area contributed by atoms with Gasteiger partial charge in [0, 0.05) is 16.0 Å². The first kappa shape index (κ1) is 14.5. The molecule has 0 fully saturated rings. The van der Waals surface area contributed by atoms with Crippen LogP contribution in [0.1, 0.15) is 32.2 Å². The molecule has 0 aliphatic rings. The van der Waals surface area contributed by atoms with Crippen LogP contribution in [0.25, 0.3) is 16.8 Å². The summed E-state index contributed by atoms with van der Waals surface area (Å²) in [5.41, 5.74) is 4.35. The van der Waals surface area contributed by atoms with Gasteiger partial charge in [0.2, 0.25) is 5.71 Å². The number of aryl methyl sites for hydroxylation is 1. The molecule has 3 nitrogen and oxygen atoms in total. The number of fused-ring (bicyclic) bond motifs is 1. The summed E-state index contributed by atoms with van der Waals surface area (Å²) >= 11 is 12.3. The third kappa shape index (κ3) is 2.34. The first-order valence-corrected chi connectivity index (χ1v) is 7.47. The number of hydrogen-bond donors (Lipinski definition) is 0. The fourth-order valence-corrected chi connectivity index (χ4v) is 2.94. The normalized spacial score (nSPS) is 12.3. The molecule has 0 radical (unpaired) electrons. The van der Waals surface area contributed by atoms with E-state index in [2.05, 4.69) is 25.9 Å². The zero-order valence-corrected chi connectivity index (χ0v) is 13.9. The van der Waals surface area contributed by atoms with Crippen molar-refractivity contribution in [1.29, 1.82) is 0 Å². The van der Waals surface area contributed by atoms with Gasteiger partial charge in [-0.25, -0.2) is 4.52 Å². The molecule has 2 aromatic heterocycles. The molecular weight excluding hydrogens is 307 g/mol. The van der Waals surface area contributed by atoms with Gasteiger partial charge in [0.15, 0.2) is 0 Å². The van der Waals surface area contributed by atoms with Gasteiger partial charge in [0.05, 0.1) is 22.0 Å². The van der Waals surface area contributed by atoms with Crippen LogP contribution in [0.2, 0.25) is 10.0 Å². The molecule has 0 amide bonds. The third-order valence-corrected chi connectivity index (χ3v) is 4.05. The van der Waals surface area contributed by atoms with E-state index < -0.39 is 0 Å². The average molecular weight is 323 g/mol. The minimum absolute atomic E-state index is 0.0508. The van der Waals surface area contributed by atoms with Crippen LogP contribution in [0.3, 0.4) is 0 Å². The Kier molecular flexibility index (Phi) is 3.30. The van der Waals surface area contributed by atoms with Gasteiger partial charge < -0.3 is 4.42 Å².